The molecule has 1 rings (SSSR count). The molecule has 0 aliphatic rings. The summed E-state index contributed by atoms with van der Waals surface area (Å²) in [6.45, 7) is 9.29. The van der Waals surface area contributed by atoms with E-state index in [9.17, 15) is 0 Å². The van der Waals surface area contributed by atoms with Crippen molar-refractivity contribution >= 4 is 11.5 Å². The Hall–Kier alpha value is -1.23. The molecular weight excluding hydrogens is 214 g/mol. The van der Waals surface area contributed by atoms with Crippen LogP contribution in [0.15, 0.2) is 0 Å². The summed E-state index contributed by atoms with van der Waals surface area (Å²) in [6, 6.07) is 0. The summed E-state index contributed by atoms with van der Waals surface area (Å²) in [5.74, 6) is 1.29. The quantitative estimate of drug-likeness (QED) is 0.789. The number of nitrogens with two attached hydrogens (primary N) is 1. The van der Waals surface area contributed by atoms with Crippen molar-refractivity contribution in [2.45, 2.75) is 26.7 Å². The highest BCUT2D eigenvalue weighted by Crippen LogP contribution is 2.27. The molecule has 0 radical (unpaired) electrons. The first-order valence-corrected chi connectivity index (χ1v) is 6.22. The highest BCUT2D eigenvalue weighted by atomic mass is 15.3. The summed E-state index contributed by atoms with van der Waals surface area (Å²) in [5.41, 5.74) is 7.85. The van der Waals surface area contributed by atoms with E-state index in [-0.39, 0.29) is 0 Å². The van der Waals surface area contributed by atoms with Gasteiger partial charge in [0.05, 0.1) is 11.4 Å². The van der Waals surface area contributed by atoms with Crippen molar-refractivity contribution in [1.29, 1.82) is 0 Å². The van der Waals surface area contributed by atoms with E-state index in [4.69, 9.17) is 5.73 Å². The van der Waals surface area contributed by atoms with Crippen LogP contribution in [0.3, 0.4) is 0 Å². The molecule has 1 heterocycles. The lowest BCUT2D eigenvalue weighted by molar-refractivity contribution is 0.367. The molecule has 5 heteroatoms. The molecule has 5 nitrogen and oxygen atoms in total. The molecule has 3 N–H and O–H groups in total. The second-order valence-corrected chi connectivity index (χ2v) is 4.75. The van der Waals surface area contributed by atoms with E-state index in [0.29, 0.717) is 5.92 Å². The molecule has 0 spiro atoms. The molecule has 0 saturated carbocycles. The van der Waals surface area contributed by atoms with Crippen LogP contribution in [0.2, 0.25) is 0 Å². The molecular formula is C12H25N5. The lowest BCUT2D eigenvalue weighted by Crippen LogP contribution is -2.25. The number of aromatic nitrogens is 2. The Kier molecular flexibility index (Phi) is 4.81. The zero-order valence-corrected chi connectivity index (χ0v) is 11.6. The highest BCUT2D eigenvalue weighted by Gasteiger charge is 2.15. The Balaban J connectivity index is 2.65. The van der Waals surface area contributed by atoms with E-state index in [1.54, 1.807) is 0 Å². The maximum Gasteiger partial charge on any atom is 0.147 e. The molecule has 0 aliphatic carbocycles. The molecule has 1 aromatic heterocycles. The fraction of sp³-hybridized carbons (Fsp3) is 0.750. The first-order chi connectivity index (χ1) is 7.97. The van der Waals surface area contributed by atoms with Crippen LogP contribution in [0.1, 0.15) is 32.4 Å². The average Bonchev–Trinajstić information content (AvgIpc) is 2.56. The summed E-state index contributed by atoms with van der Waals surface area (Å²) < 4.78 is 1.83. The molecule has 0 unspecified atom stereocenters. The molecule has 0 saturated heterocycles. The molecule has 0 aliphatic heterocycles. The minimum atomic E-state index is 0.357. The fourth-order valence-electron chi connectivity index (χ4n) is 1.72. The van der Waals surface area contributed by atoms with Crippen molar-refractivity contribution in [2.24, 2.45) is 7.05 Å². The molecule has 0 atom stereocenters. The second kappa shape index (κ2) is 5.91. The topological polar surface area (TPSA) is 59.1 Å². The van der Waals surface area contributed by atoms with Crippen LogP contribution in [-0.2, 0) is 7.05 Å². The first kappa shape index (κ1) is 13.8. The number of nitrogens with one attached hydrogen (secondary N) is 1. The van der Waals surface area contributed by atoms with E-state index >= 15 is 0 Å². The second-order valence-electron chi connectivity index (χ2n) is 4.75. The molecule has 1 aromatic rings. The number of anilines is 2. The summed E-state index contributed by atoms with van der Waals surface area (Å²) in [5, 5.41) is 7.80. The van der Waals surface area contributed by atoms with Crippen LogP contribution in [0.4, 0.5) is 11.5 Å². The van der Waals surface area contributed by atoms with Crippen LogP contribution in [0.25, 0.3) is 0 Å². The van der Waals surface area contributed by atoms with Crippen molar-refractivity contribution in [3.05, 3.63) is 5.69 Å². The molecule has 98 valence electrons. The lowest BCUT2D eigenvalue weighted by Gasteiger charge is -2.15. The maximum atomic E-state index is 6.10. The standard InChI is InChI=1S/C12H25N5/c1-6-16(4)8-7-14-12-10(13)11(9(2)3)15-17(12)5/h9,14H,6-8,13H2,1-5H3. The number of nitrogens with zero attached hydrogens (tertiary/aromatic N) is 3. The summed E-state index contributed by atoms with van der Waals surface area (Å²) >= 11 is 0. The third-order valence-electron chi connectivity index (χ3n) is 2.99. The van der Waals surface area contributed by atoms with Gasteiger partial charge in [0.2, 0.25) is 0 Å². The fourth-order valence-corrected chi connectivity index (χ4v) is 1.72. The van der Waals surface area contributed by atoms with Crippen molar-refractivity contribution in [3.8, 4) is 0 Å². The normalized spacial score (nSPS) is 11.5. The molecule has 17 heavy (non-hydrogen) atoms. The Morgan fingerprint density at radius 1 is 1.47 bits per heavy atom. The Morgan fingerprint density at radius 2 is 2.12 bits per heavy atom. The largest absolute Gasteiger partial charge is 0.394 e. The first-order valence-electron chi connectivity index (χ1n) is 6.22. The van der Waals surface area contributed by atoms with Gasteiger partial charge in [0, 0.05) is 20.1 Å². The predicted molar refractivity (Wildman–Crippen MR) is 73.4 cm³/mol. The number of rotatable bonds is 6. The Labute approximate surface area is 104 Å². The van der Waals surface area contributed by atoms with E-state index < -0.39 is 0 Å². The van der Waals surface area contributed by atoms with Gasteiger partial charge in [-0.2, -0.15) is 5.10 Å². The van der Waals surface area contributed by atoms with Crippen LogP contribution in [0.5, 0.6) is 0 Å². The van der Waals surface area contributed by atoms with Gasteiger partial charge in [0.1, 0.15) is 5.82 Å². The van der Waals surface area contributed by atoms with E-state index in [0.717, 1.165) is 36.8 Å². The van der Waals surface area contributed by atoms with Gasteiger partial charge < -0.3 is 16.0 Å². The predicted octanol–water partition coefficient (Wildman–Crippen LogP) is 1.49. The van der Waals surface area contributed by atoms with Crippen molar-refractivity contribution in [2.75, 3.05) is 37.7 Å². The molecule has 0 aromatic carbocycles. The summed E-state index contributed by atoms with van der Waals surface area (Å²) in [6.07, 6.45) is 0. The average molecular weight is 239 g/mol. The highest BCUT2D eigenvalue weighted by molar-refractivity contribution is 5.65. The van der Waals surface area contributed by atoms with Crippen LogP contribution < -0.4 is 11.1 Å². The maximum absolute atomic E-state index is 6.10. The summed E-state index contributed by atoms with van der Waals surface area (Å²) in [4.78, 5) is 2.25. The summed E-state index contributed by atoms with van der Waals surface area (Å²) in [7, 11) is 4.03. The van der Waals surface area contributed by atoms with Crippen molar-refractivity contribution < 1.29 is 0 Å². The molecule has 0 bridgehead atoms. The number of likely N-dealkylation sites (N-methyl/N-ethyl adjacent to an activating group) is 1. The van der Waals surface area contributed by atoms with E-state index in [1.165, 1.54) is 0 Å². The minimum absolute atomic E-state index is 0.357. The third-order valence-corrected chi connectivity index (χ3v) is 2.99. The van der Waals surface area contributed by atoms with Crippen LogP contribution >= 0.6 is 0 Å². The van der Waals surface area contributed by atoms with Crippen molar-refractivity contribution in [1.82, 2.24) is 14.7 Å². The zero-order valence-electron chi connectivity index (χ0n) is 11.6. The van der Waals surface area contributed by atoms with E-state index in [2.05, 4.69) is 43.1 Å². The van der Waals surface area contributed by atoms with Gasteiger partial charge in [-0.1, -0.05) is 20.8 Å². The van der Waals surface area contributed by atoms with Crippen LogP contribution in [0, 0.1) is 0 Å². The van der Waals surface area contributed by atoms with Gasteiger partial charge in [-0.15, -0.1) is 0 Å². The van der Waals surface area contributed by atoms with Gasteiger partial charge >= 0.3 is 0 Å². The van der Waals surface area contributed by atoms with Gasteiger partial charge in [-0.25, -0.2) is 0 Å². The number of nitrogen functional groups attached to an aromatic ring is 1. The Morgan fingerprint density at radius 3 is 2.59 bits per heavy atom. The monoisotopic (exact) mass is 239 g/mol. The molecule has 0 amide bonds. The number of hydrogen-bond donors (Lipinski definition) is 2. The van der Waals surface area contributed by atoms with Crippen LogP contribution in [-0.4, -0.2) is 41.4 Å². The van der Waals surface area contributed by atoms with Crippen molar-refractivity contribution in [3.63, 3.8) is 0 Å². The Bertz CT molecular complexity index is 356. The minimum Gasteiger partial charge on any atom is -0.394 e. The van der Waals surface area contributed by atoms with Gasteiger partial charge in [-0.3, -0.25) is 4.68 Å². The molecule has 0 fully saturated rings. The zero-order chi connectivity index (χ0) is 13.0. The number of aryl methyl sites for hydroxylation is 1. The lowest BCUT2D eigenvalue weighted by atomic mass is 10.1. The third kappa shape index (κ3) is 3.36. The van der Waals surface area contributed by atoms with Gasteiger partial charge in [0.25, 0.3) is 0 Å². The SMILES string of the molecule is CCN(C)CCNc1c(N)c(C(C)C)nn1C. The van der Waals surface area contributed by atoms with E-state index in [1.807, 2.05) is 11.7 Å². The smallest absolute Gasteiger partial charge is 0.147 e. The number of hydrogen-bond acceptors (Lipinski definition) is 4. The van der Waals surface area contributed by atoms with Gasteiger partial charge in [-0.05, 0) is 19.5 Å². The van der Waals surface area contributed by atoms with Gasteiger partial charge in [0.15, 0.2) is 0 Å².